The summed E-state index contributed by atoms with van der Waals surface area (Å²) in [6.07, 6.45) is 2.57. The maximum Gasteiger partial charge on any atom is 0.255 e. The minimum absolute atomic E-state index is 0.0485. The van der Waals surface area contributed by atoms with E-state index in [-0.39, 0.29) is 17.2 Å². The smallest absolute Gasteiger partial charge is 0.255 e. The van der Waals surface area contributed by atoms with Gasteiger partial charge in [0.15, 0.2) is 0 Å². The number of amides is 2. The van der Waals surface area contributed by atoms with Gasteiger partial charge in [0.2, 0.25) is 0 Å². The molecule has 0 atom stereocenters. The van der Waals surface area contributed by atoms with Gasteiger partial charge in [0.25, 0.3) is 11.8 Å². The summed E-state index contributed by atoms with van der Waals surface area (Å²) in [6.45, 7) is 11.4. The molecule has 0 radical (unpaired) electrons. The predicted octanol–water partition coefficient (Wildman–Crippen LogP) is 5.29. The average molecular weight is 471 g/mol. The largest absolute Gasteiger partial charge is 0.355 e. The average Bonchev–Trinajstić information content (AvgIpc) is 3.10. The summed E-state index contributed by atoms with van der Waals surface area (Å²) in [6, 6.07) is 19.3. The highest BCUT2D eigenvalue weighted by Crippen LogP contribution is 2.23. The molecule has 4 rings (SSSR count). The summed E-state index contributed by atoms with van der Waals surface area (Å²) >= 11 is 0. The Hall–Kier alpha value is -3.67. The van der Waals surface area contributed by atoms with Gasteiger partial charge in [-0.25, -0.2) is 4.98 Å². The number of aromatic nitrogens is 1. The first kappa shape index (κ1) is 24.5. The number of rotatable bonds is 4. The van der Waals surface area contributed by atoms with Crippen molar-refractivity contribution in [3.8, 4) is 0 Å². The molecule has 2 aromatic carbocycles. The summed E-state index contributed by atoms with van der Waals surface area (Å²) in [5, 5.41) is 2.93. The van der Waals surface area contributed by atoms with E-state index in [1.54, 1.807) is 6.20 Å². The van der Waals surface area contributed by atoms with Gasteiger partial charge in [-0.1, -0.05) is 51.1 Å². The van der Waals surface area contributed by atoms with Crippen LogP contribution in [0.25, 0.3) is 0 Å². The van der Waals surface area contributed by atoms with Crippen LogP contribution in [0.5, 0.6) is 0 Å². The molecule has 0 bridgehead atoms. The Balaban J connectivity index is 1.36. The lowest BCUT2D eigenvalue weighted by Crippen LogP contribution is -2.35. The van der Waals surface area contributed by atoms with Crippen molar-refractivity contribution < 1.29 is 9.59 Å². The van der Waals surface area contributed by atoms with Crippen LogP contribution in [-0.4, -0.2) is 47.9 Å². The van der Waals surface area contributed by atoms with Gasteiger partial charge in [0, 0.05) is 37.3 Å². The van der Waals surface area contributed by atoms with Crippen LogP contribution in [0.3, 0.4) is 0 Å². The lowest BCUT2D eigenvalue weighted by Gasteiger charge is -2.23. The Bertz CT molecular complexity index is 1180. The first-order valence-corrected chi connectivity index (χ1v) is 12.2. The van der Waals surface area contributed by atoms with Crippen molar-refractivity contribution in [1.82, 2.24) is 9.88 Å². The van der Waals surface area contributed by atoms with E-state index < -0.39 is 0 Å². The SMILES string of the molecule is Cc1ccccc1C(=O)N1CCCN(c2ccc(NC(=O)c3ccc(C(C)(C)C)cc3)cn2)CC1. The molecule has 1 N–H and O–H groups in total. The van der Waals surface area contributed by atoms with Crippen molar-refractivity contribution in [3.63, 3.8) is 0 Å². The highest BCUT2D eigenvalue weighted by molar-refractivity contribution is 6.04. The molecule has 182 valence electrons. The summed E-state index contributed by atoms with van der Waals surface area (Å²) in [4.78, 5) is 34.4. The fraction of sp³-hybridized carbons (Fsp3) is 0.345. The number of carbonyl (C=O) groups is 2. The lowest BCUT2D eigenvalue weighted by molar-refractivity contribution is 0.0766. The van der Waals surface area contributed by atoms with Crippen molar-refractivity contribution in [3.05, 3.63) is 89.1 Å². The molecule has 6 heteroatoms. The van der Waals surface area contributed by atoms with Gasteiger partial charge in [0.1, 0.15) is 5.82 Å². The normalized spacial score (nSPS) is 14.4. The van der Waals surface area contributed by atoms with Crippen molar-refractivity contribution in [1.29, 1.82) is 0 Å². The topological polar surface area (TPSA) is 65.5 Å². The maximum atomic E-state index is 13.0. The third-order valence-corrected chi connectivity index (χ3v) is 6.50. The number of nitrogens with zero attached hydrogens (tertiary/aromatic N) is 3. The third kappa shape index (κ3) is 5.88. The molecule has 1 aliphatic heterocycles. The van der Waals surface area contributed by atoms with E-state index in [1.807, 2.05) is 72.5 Å². The second kappa shape index (κ2) is 10.3. The highest BCUT2D eigenvalue weighted by atomic mass is 16.2. The molecule has 2 heterocycles. The number of carbonyl (C=O) groups excluding carboxylic acids is 2. The van der Waals surface area contributed by atoms with E-state index in [4.69, 9.17) is 0 Å². The molecule has 1 aromatic heterocycles. The number of pyridine rings is 1. The van der Waals surface area contributed by atoms with Crippen molar-refractivity contribution in [2.75, 3.05) is 36.4 Å². The maximum absolute atomic E-state index is 13.0. The number of hydrogen-bond acceptors (Lipinski definition) is 4. The second-order valence-electron chi connectivity index (χ2n) is 10.1. The molecule has 2 amide bonds. The number of benzene rings is 2. The van der Waals surface area contributed by atoms with Gasteiger partial charge in [-0.3, -0.25) is 9.59 Å². The van der Waals surface area contributed by atoms with Crippen LogP contribution in [0.1, 0.15) is 59.0 Å². The molecule has 0 unspecified atom stereocenters. The molecular formula is C29H34N4O2. The minimum atomic E-state index is -0.153. The zero-order chi connectivity index (χ0) is 25.0. The Morgan fingerprint density at radius 2 is 1.63 bits per heavy atom. The predicted molar refractivity (Wildman–Crippen MR) is 141 cm³/mol. The second-order valence-corrected chi connectivity index (χ2v) is 10.1. The van der Waals surface area contributed by atoms with Crippen LogP contribution in [0.4, 0.5) is 11.5 Å². The van der Waals surface area contributed by atoms with E-state index >= 15 is 0 Å². The molecule has 0 saturated carbocycles. The summed E-state index contributed by atoms with van der Waals surface area (Å²) < 4.78 is 0. The molecule has 0 spiro atoms. The lowest BCUT2D eigenvalue weighted by atomic mass is 9.87. The summed E-state index contributed by atoms with van der Waals surface area (Å²) in [5.74, 6) is 0.786. The molecule has 1 aliphatic rings. The Morgan fingerprint density at radius 3 is 2.29 bits per heavy atom. The zero-order valence-electron chi connectivity index (χ0n) is 21.0. The van der Waals surface area contributed by atoms with Crippen LogP contribution >= 0.6 is 0 Å². The van der Waals surface area contributed by atoms with E-state index in [2.05, 4.69) is 36.0 Å². The first-order chi connectivity index (χ1) is 16.7. The van der Waals surface area contributed by atoms with E-state index in [1.165, 1.54) is 5.56 Å². The quantitative estimate of drug-likeness (QED) is 0.563. The van der Waals surface area contributed by atoms with Crippen molar-refractivity contribution in [2.24, 2.45) is 0 Å². The summed E-state index contributed by atoms with van der Waals surface area (Å²) in [7, 11) is 0. The third-order valence-electron chi connectivity index (χ3n) is 6.50. The molecule has 35 heavy (non-hydrogen) atoms. The van der Waals surface area contributed by atoms with Gasteiger partial charge >= 0.3 is 0 Å². The molecule has 1 saturated heterocycles. The monoisotopic (exact) mass is 470 g/mol. The Labute approximate surface area is 208 Å². The molecule has 3 aromatic rings. The van der Waals surface area contributed by atoms with Crippen LogP contribution < -0.4 is 10.2 Å². The van der Waals surface area contributed by atoms with Gasteiger partial charge < -0.3 is 15.1 Å². The molecular weight excluding hydrogens is 436 g/mol. The van der Waals surface area contributed by atoms with Crippen molar-refractivity contribution >= 4 is 23.3 Å². The highest BCUT2D eigenvalue weighted by Gasteiger charge is 2.22. The Kier molecular flexibility index (Phi) is 7.20. The Morgan fingerprint density at radius 1 is 0.886 bits per heavy atom. The first-order valence-electron chi connectivity index (χ1n) is 12.2. The number of aryl methyl sites for hydroxylation is 1. The van der Waals surface area contributed by atoms with Gasteiger partial charge in [-0.2, -0.15) is 0 Å². The van der Waals surface area contributed by atoms with Crippen LogP contribution in [-0.2, 0) is 5.41 Å². The molecule has 6 nitrogen and oxygen atoms in total. The van der Waals surface area contributed by atoms with Crippen LogP contribution in [0.2, 0.25) is 0 Å². The van der Waals surface area contributed by atoms with E-state index in [0.717, 1.165) is 43.0 Å². The van der Waals surface area contributed by atoms with Crippen LogP contribution in [0, 0.1) is 6.92 Å². The number of hydrogen-bond donors (Lipinski definition) is 1. The zero-order valence-corrected chi connectivity index (χ0v) is 21.0. The van der Waals surface area contributed by atoms with Gasteiger partial charge in [0.05, 0.1) is 11.9 Å². The fourth-order valence-corrected chi connectivity index (χ4v) is 4.30. The standard InChI is InChI=1S/C29H34N4O2/c1-21-8-5-6-9-25(21)28(35)33-17-7-16-32(18-19-33)26-15-14-24(20-30-26)31-27(34)22-10-12-23(13-11-22)29(2,3)4/h5-6,8-15,20H,7,16-19H2,1-4H3,(H,31,34). The van der Waals surface area contributed by atoms with Crippen molar-refractivity contribution in [2.45, 2.75) is 39.5 Å². The van der Waals surface area contributed by atoms with E-state index in [0.29, 0.717) is 17.8 Å². The molecule has 0 aliphatic carbocycles. The number of nitrogens with one attached hydrogen (secondary N) is 1. The van der Waals surface area contributed by atoms with Gasteiger partial charge in [-0.05, 0) is 60.2 Å². The minimum Gasteiger partial charge on any atom is -0.355 e. The van der Waals surface area contributed by atoms with Gasteiger partial charge in [-0.15, -0.1) is 0 Å². The van der Waals surface area contributed by atoms with E-state index in [9.17, 15) is 9.59 Å². The van der Waals surface area contributed by atoms with Crippen LogP contribution in [0.15, 0.2) is 66.9 Å². The number of anilines is 2. The summed E-state index contributed by atoms with van der Waals surface area (Å²) in [5.41, 5.74) is 4.29. The molecule has 1 fully saturated rings. The fourth-order valence-electron chi connectivity index (χ4n) is 4.30.